The number of carbonyl (C=O) groups excluding carboxylic acids is 1. The lowest BCUT2D eigenvalue weighted by molar-refractivity contribution is 0.105. The summed E-state index contributed by atoms with van der Waals surface area (Å²) >= 11 is 6.96. The van der Waals surface area contributed by atoms with Gasteiger partial charge in [0, 0.05) is 11.6 Å². The third kappa shape index (κ3) is 4.83. The Morgan fingerprint density at radius 2 is 1.77 bits per heavy atom. The summed E-state index contributed by atoms with van der Waals surface area (Å²) in [5, 5.41) is 0. The molecule has 0 aliphatic carbocycles. The highest BCUT2D eigenvalue weighted by molar-refractivity contribution is 7.18. The fraction of sp³-hybridized carbons (Fsp3) is 0.0952. The minimum atomic E-state index is -1.64. The molecule has 0 saturated carbocycles. The highest BCUT2D eigenvalue weighted by Crippen LogP contribution is 2.29. The molecule has 0 aliphatic rings. The zero-order valence-corrected chi connectivity index (χ0v) is 16.9. The lowest BCUT2D eigenvalue weighted by Gasteiger charge is -2.13. The Morgan fingerprint density at radius 1 is 1.07 bits per heavy atom. The molecule has 1 heterocycles. The molecule has 156 valence electrons. The number of ether oxygens (including phenoxy) is 2. The second-order valence-corrected chi connectivity index (χ2v) is 7.67. The number of halogens is 5. The average molecular weight is 457 g/mol. The van der Waals surface area contributed by atoms with Crippen LogP contribution in [0.2, 0.25) is 4.34 Å². The normalized spacial score (nSPS) is 11.1. The molecule has 3 nitrogen and oxygen atoms in total. The first-order valence-electron chi connectivity index (χ1n) is 8.40. The van der Waals surface area contributed by atoms with Crippen LogP contribution in [-0.2, 0) is 6.61 Å². The van der Waals surface area contributed by atoms with E-state index in [1.807, 2.05) is 0 Å². The van der Waals surface area contributed by atoms with Gasteiger partial charge in [-0.3, -0.25) is 4.79 Å². The van der Waals surface area contributed by atoms with Crippen LogP contribution >= 0.6 is 22.9 Å². The maximum Gasteiger partial charge on any atom is 0.203 e. The summed E-state index contributed by atoms with van der Waals surface area (Å²) in [6, 6.07) is 8.08. The summed E-state index contributed by atoms with van der Waals surface area (Å²) in [5.74, 6) is -7.51. The van der Waals surface area contributed by atoms with Gasteiger partial charge in [-0.05, 0) is 35.9 Å². The molecule has 0 unspecified atom stereocenters. The molecule has 3 aromatic rings. The number of thiophene rings is 1. The van der Waals surface area contributed by atoms with E-state index in [0.29, 0.717) is 26.1 Å². The number of rotatable bonds is 7. The molecule has 0 saturated heterocycles. The molecular formula is C21H13ClF4O3S. The molecule has 0 aliphatic heterocycles. The lowest BCUT2D eigenvalue weighted by atomic mass is 10.1. The van der Waals surface area contributed by atoms with E-state index in [9.17, 15) is 22.4 Å². The van der Waals surface area contributed by atoms with E-state index in [4.69, 9.17) is 21.1 Å². The van der Waals surface area contributed by atoms with Crippen LogP contribution in [0, 0.1) is 23.3 Å². The van der Waals surface area contributed by atoms with Crippen LogP contribution in [0.3, 0.4) is 0 Å². The van der Waals surface area contributed by atoms with Crippen LogP contribution in [0.15, 0.2) is 42.5 Å². The van der Waals surface area contributed by atoms with Crippen molar-refractivity contribution in [2.45, 2.75) is 6.61 Å². The van der Waals surface area contributed by atoms with Crippen molar-refractivity contribution < 1.29 is 31.8 Å². The third-order valence-corrected chi connectivity index (χ3v) is 5.24. The van der Waals surface area contributed by atoms with Crippen LogP contribution in [0.4, 0.5) is 17.6 Å². The van der Waals surface area contributed by atoms with Crippen molar-refractivity contribution in [3.8, 4) is 11.5 Å². The molecule has 0 bridgehead atoms. The van der Waals surface area contributed by atoms with Crippen molar-refractivity contribution in [2.75, 3.05) is 7.11 Å². The summed E-state index contributed by atoms with van der Waals surface area (Å²) in [6.07, 6.45) is 2.87. The summed E-state index contributed by atoms with van der Waals surface area (Å²) in [6.45, 7) is -0.434. The standard InChI is InChI=1S/C21H13ClF4O3S/c1-28-16-5-3-11(2-4-15(27)17-6-7-18(22)30-17)8-12(16)10-29-21-19(25)13(23)9-14(24)20(21)26/h2-9H,10H2,1H3/b4-2+. The SMILES string of the molecule is COc1ccc(/C=C/C(=O)c2ccc(Cl)s2)cc1COc1c(F)c(F)cc(F)c1F. The smallest absolute Gasteiger partial charge is 0.203 e. The zero-order valence-electron chi connectivity index (χ0n) is 15.3. The third-order valence-electron chi connectivity index (χ3n) is 3.99. The van der Waals surface area contributed by atoms with Gasteiger partial charge in [-0.15, -0.1) is 11.3 Å². The van der Waals surface area contributed by atoms with E-state index < -0.39 is 35.6 Å². The largest absolute Gasteiger partial charge is 0.496 e. The quantitative estimate of drug-likeness (QED) is 0.177. The minimum absolute atomic E-state index is 0.0985. The second-order valence-electron chi connectivity index (χ2n) is 5.96. The Balaban J connectivity index is 1.82. The number of benzene rings is 2. The molecule has 1 aromatic heterocycles. The molecule has 0 spiro atoms. The predicted molar refractivity (Wildman–Crippen MR) is 106 cm³/mol. The van der Waals surface area contributed by atoms with Gasteiger partial charge in [-0.2, -0.15) is 8.78 Å². The van der Waals surface area contributed by atoms with Crippen molar-refractivity contribution >= 4 is 34.8 Å². The van der Waals surface area contributed by atoms with Gasteiger partial charge in [0.25, 0.3) is 0 Å². The molecule has 0 radical (unpaired) electrons. The summed E-state index contributed by atoms with van der Waals surface area (Å²) in [7, 11) is 1.38. The van der Waals surface area contributed by atoms with Crippen molar-refractivity contribution in [1.29, 1.82) is 0 Å². The monoisotopic (exact) mass is 456 g/mol. The summed E-state index contributed by atoms with van der Waals surface area (Å²) in [5.41, 5.74) is 0.909. The minimum Gasteiger partial charge on any atom is -0.496 e. The molecule has 0 atom stereocenters. The van der Waals surface area contributed by atoms with Crippen molar-refractivity contribution in [3.05, 3.63) is 86.1 Å². The van der Waals surface area contributed by atoms with Gasteiger partial charge in [0.2, 0.25) is 11.6 Å². The van der Waals surface area contributed by atoms with Crippen LogP contribution in [0.5, 0.6) is 11.5 Å². The predicted octanol–water partition coefficient (Wildman–Crippen LogP) is 6.44. The molecule has 0 N–H and O–H groups in total. The van der Waals surface area contributed by atoms with Gasteiger partial charge < -0.3 is 9.47 Å². The highest BCUT2D eigenvalue weighted by atomic mass is 35.5. The molecule has 30 heavy (non-hydrogen) atoms. The first-order valence-corrected chi connectivity index (χ1v) is 9.60. The van der Waals surface area contributed by atoms with Crippen LogP contribution in [-0.4, -0.2) is 12.9 Å². The van der Waals surface area contributed by atoms with Crippen molar-refractivity contribution in [1.82, 2.24) is 0 Å². The molecule has 0 fully saturated rings. The first kappa shape index (κ1) is 21.9. The summed E-state index contributed by atoms with van der Waals surface area (Å²) < 4.78 is 64.9. The Kier molecular flexibility index (Phi) is 6.79. The number of methoxy groups -OCH3 is 1. The average Bonchev–Trinajstić information content (AvgIpc) is 3.17. The van der Waals surface area contributed by atoms with Gasteiger partial charge in [-0.1, -0.05) is 23.7 Å². The number of ketones is 1. The van der Waals surface area contributed by atoms with Gasteiger partial charge in [-0.25, -0.2) is 8.78 Å². The van der Waals surface area contributed by atoms with E-state index in [-0.39, 0.29) is 11.8 Å². The fourth-order valence-electron chi connectivity index (χ4n) is 2.54. The van der Waals surface area contributed by atoms with Crippen LogP contribution in [0.1, 0.15) is 20.8 Å². The van der Waals surface area contributed by atoms with Gasteiger partial charge in [0.05, 0.1) is 16.3 Å². The van der Waals surface area contributed by atoms with Gasteiger partial charge in [0.1, 0.15) is 12.4 Å². The Hall–Kier alpha value is -2.84. The number of carbonyl (C=O) groups is 1. The number of hydrogen-bond acceptors (Lipinski definition) is 4. The lowest BCUT2D eigenvalue weighted by Crippen LogP contribution is -2.05. The topological polar surface area (TPSA) is 35.5 Å². The fourth-order valence-corrected chi connectivity index (χ4v) is 3.51. The van der Waals surface area contributed by atoms with Gasteiger partial charge >= 0.3 is 0 Å². The molecule has 3 rings (SSSR count). The van der Waals surface area contributed by atoms with E-state index in [0.717, 1.165) is 11.3 Å². The van der Waals surface area contributed by atoms with E-state index in [2.05, 4.69) is 0 Å². The molecule has 9 heteroatoms. The Morgan fingerprint density at radius 3 is 2.37 bits per heavy atom. The maximum atomic E-state index is 13.8. The highest BCUT2D eigenvalue weighted by Gasteiger charge is 2.21. The zero-order chi connectivity index (χ0) is 21.8. The van der Waals surface area contributed by atoms with E-state index in [1.54, 1.807) is 30.3 Å². The van der Waals surface area contributed by atoms with Crippen molar-refractivity contribution in [2.24, 2.45) is 0 Å². The number of allylic oxidation sites excluding steroid dienone is 1. The van der Waals surface area contributed by atoms with E-state index >= 15 is 0 Å². The van der Waals surface area contributed by atoms with Gasteiger partial charge in [0.15, 0.2) is 23.2 Å². The Labute approximate surface area is 178 Å². The Bertz CT molecular complexity index is 1100. The maximum absolute atomic E-state index is 13.8. The first-order chi connectivity index (χ1) is 14.3. The second kappa shape index (κ2) is 9.32. The van der Waals surface area contributed by atoms with Crippen LogP contribution < -0.4 is 9.47 Å². The number of hydrogen-bond donors (Lipinski definition) is 0. The van der Waals surface area contributed by atoms with Crippen LogP contribution in [0.25, 0.3) is 6.08 Å². The molecular weight excluding hydrogens is 444 g/mol. The molecule has 0 amide bonds. The molecule has 2 aromatic carbocycles. The summed E-state index contributed by atoms with van der Waals surface area (Å²) in [4.78, 5) is 12.6. The van der Waals surface area contributed by atoms with Crippen molar-refractivity contribution in [3.63, 3.8) is 0 Å². The van der Waals surface area contributed by atoms with E-state index in [1.165, 1.54) is 19.3 Å².